The Morgan fingerprint density at radius 1 is 0.765 bits per heavy atom. The quantitative estimate of drug-likeness (QED) is 0.812. The summed E-state index contributed by atoms with van der Waals surface area (Å²) in [5.41, 5.74) is 4.28. The van der Waals surface area contributed by atoms with E-state index in [1.165, 1.54) is 21.6 Å². The topological polar surface area (TPSA) is 4.44 Å². The van der Waals surface area contributed by atoms with Crippen LogP contribution in [0, 0.1) is 0 Å². The summed E-state index contributed by atoms with van der Waals surface area (Å²) in [5.74, 6) is 0. The molecule has 0 saturated heterocycles. The van der Waals surface area contributed by atoms with Gasteiger partial charge in [-0.25, -0.2) is 0 Å². The van der Waals surface area contributed by atoms with E-state index < -0.39 is 0 Å². The van der Waals surface area contributed by atoms with Crippen molar-refractivity contribution in [2.75, 3.05) is 14.1 Å². The summed E-state index contributed by atoms with van der Waals surface area (Å²) in [6.45, 7) is 1.09. The van der Waals surface area contributed by atoms with E-state index in [-0.39, 0.29) is 0 Å². The fraction of sp³-hybridized carbons (Fsp3) is 0.250. The first-order valence-electron chi connectivity index (χ1n) is 6.15. The Balaban J connectivity index is 2.20. The van der Waals surface area contributed by atoms with Crippen molar-refractivity contribution in [1.29, 1.82) is 0 Å². The molecule has 0 aliphatic heterocycles. The minimum atomic E-state index is 1.03. The molecule has 2 aromatic rings. The van der Waals surface area contributed by atoms with Gasteiger partial charge in [0.15, 0.2) is 0 Å². The Labute approximate surface area is 104 Å². The molecule has 88 valence electrons. The predicted molar refractivity (Wildman–Crippen MR) is 72.2 cm³/mol. The van der Waals surface area contributed by atoms with Crippen molar-refractivity contribution >= 4 is 0 Å². The molecule has 0 spiro atoms. The summed E-state index contributed by atoms with van der Waals surface area (Å²) in [4.78, 5) is 1.46. The minimum Gasteiger partial charge on any atom is -0.336 e. The summed E-state index contributed by atoms with van der Waals surface area (Å²) in [6, 6.07) is 19.4. The van der Waals surface area contributed by atoms with E-state index in [2.05, 4.69) is 68.7 Å². The largest absolute Gasteiger partial charge is 0.336 e. The lowest BCUT2D eigenvalue weighted by Gasteiger charge is -2.12. The monoisotopic (exact) mass is 226 g/mol. The van der Waals surface area contributed by atoms with Crippen LogP contribution in [0.1, 0.15) is 16.7 Å². The highest BCUT2D eigenvalue weighted by Crippen LogP contribution is 2.13. The van der Waals surface area contributed by atoms with Crippen LogP contribution in [0.5, 0.6) is 0 Å². The average molecular weight is 226 g/mol. The van der Waals surface area contributed by atoms with E-state index in [0.717, 1.165) is 13.0 Å². The van der Waals surface area contributed by atoms with E-state index >= 15 is 0 Å². The van der Waals surface area contributed by atoms with Crippen LogP contribution in [0.2, 0.25) is 0 Å². The normalized spacial score (nSPS) is 10.8. The zero-order chi connectivity index (χ0) is 12.1. The Morgan fingerprint density at radius 3 is 2.00 bits per heavy atom. The molecule has 1 nitrogen and oxygen atoms in total. The van der Waals surface area contributed by atoms with E-state index in [0.29, 0.717) is 0 Å². The molecule has 0 aliphatic rings. The summed E-state index contributed by atoms with van der Waals surface area (Å²) in [7, 11) is 4.39. The Morgan fingerprint density at radius 2 is 1.35 bits per heavy atom. The highest BCUT2D eigenvalue weighted by molar-refractivity contribution is 5.32. The van der Waals surface area contributed by atoms with Gasteiger partial charge in [-0.2, -0.15) is 0 Å². The van der Waals surface area contributed by atoms with Crippen molar-refractivity contribution in [3.8, 4) is 0 Å². The van der Waals surface area contributed by atoms with Crippen molar-refractivity contribution in [3.63, 3.8) is 0 Å². The lowest BCUT2D eigenvalue weighted by Crippen LogP contribution is -3.04. The molecule has 0 aliphatic carbocycles. The number of quaternary nitrogens is 1. The van der Waals surface area contributed by atoms with Gasteiger partial charge in [-0.3, -0.25) is 0 Å². The van der Waals surface area contributed by atoms with Gasteiger partial charge in [0.1, 0.15) is 6.54 Å². The molecular weight excluding hydrogens is 206 g/mol. The Kier molecular flexibility index (Phi) is 3.94. The zero-order valence-electron chi connectivity index (χ0n) is 10.6. The van der Waals surface area contributed by atoms with Crippen LogP contribution in [0.15, 0.2) is 54.6 Å². The van der Waals surface area contributed by atoms with Crippen molar-refractivity contribution in [1.82, 2.24) is 0 Å². The van der Waals surface area contributed by atoms with Crippen molar-refractivity contribution < 1.29 is 4.90 Å². The van der Waals surface area contributed by atoms with Gasteiger partial charge in [0, 0.05) is 5.56 Å². The third-order valence-electron chi connectivity index (χ3n) is 2.90. The van der Waals surface area contributed by atoms with E-state index in [4.69, 9.17) is 0 Å². The van der Waals surface area contributed by atoms with Crippen molar-refractivity contribution in [2.45, 2.75) is 13.0 Å². The molecule has 0 fully saturated rings. The molecule has 0 amide bonds. The smallest absolute Gasteiger partial charge is 0.103 e. The number of hydrogen-bond donors (Lipinski definition) is 1. The second-order valence-electron chi connectivity index (χ2n) is 4.81. The Bertz CT molecular complexity index is 460. The molecule has 0 bridgehead atoms. The lowest BCUT2D eigenvalue weighted by atomic mass is 9.99. The highest BCUT2D eigenvalue weighted by atomic mass is 15.0. The van der Waals surface area contributed by atoms with Crippen LogP contribution >= 0.6 is 0 Å². The van der Waals surface area contributed by atoms with Crippen LogP contribution in [0.4, 0.5) is 0 Å². The Hall–Kier alpha value is -1.60. The van der Waals surface area contributed by atoms with Crippen LogP contribution in [0.25, 0.3) is 0 Å². The van der Waals surface area contributed by atoms with Crippen LogP contribution in [0.3, 0.4) is 0 Å². The van der Waals surface area contributed by atoms with Gasteiger partial charge in [-0.05, 0) is 17.5 Å². The van der Waals surface area contributed by atoms with Gasteiger partial charge >= 0.3 is 0 Å². The fourth-order valence-electron chi connectivity index (χ4n) is 2.10. The second-order valence-corrected chi connectivity index (χ2v) is 4.81. The molecule has 1 N–H and O–H groups in total. The first-order valence-corrected chi connectivity index (χ1v) is 6.15. The number of rotatable bonds is 4. The molecule has 0 atom stereocenters. The second kappa shape index (κ2) is 5.65. The van der Waals surface area contributed by atoms with Gasteiger partial charge in [0.25, 0.3) is 0 Å². The molecule has 2 rings (SSSR count). The van der Waals surface area contributed by atoms with Gasteiger partial charge in [-0.1, -0.05) is 54.6 Å². The maximum Gasteiger partial charge on any atom is 0.103 e. The van der Waals surface area contributed by atoms with Crippen molar-refractivity contribution in [2.24, 2.45) is 0 Å². The molecule has 0 radical (unpaired) electrons. The molecule has 0 saturated carbocycles. The van der Waals surface area contributed by atoms with Crippen LogP contribution in [-0.4, -0.2) is 14.1 Å². The van der Waals surface area contributed by atoms with Crippen LogP contribution < -0.4 is 4.90 Å². The van der Waals surface area contributed by atoms with E-state index in [9.17, 15) is 0 Å². The third kappa shape index (κ3) is 3.43. The van der Waals surface area contributed by atoms with E-state index in [1.807, 2.05) is 0 Å². The maximum atomic E-state index is 2.24. The number of nitrogens with one attached hydrogen (secondary N) is 1. The van der Waals surface area contributed by atoms with Gasteiger partial charge in [0.2, 0.25) is 0 Å². The van der Waals surface area contributed by atoms with Gasteiger partial charge < -0.3 is 4.90 Å². The van der Waals surface area contributed by atoms with Crippen LogP contribution in [-0.2, 0) is 13.0 Å². The average Bonchev–Trinajstić information content (AvgIpc) is 2.32. The molecule has 0 heterocycles. The third-order valence-corrected chi connectivity index (χ3v) is 2.90. The maximum absolute atomic E-state index is 2.24. The summed E-state index contributed by atoms with van der Waals surface area (Å²) < 4.78 is 0. The molecule has 0 aromatic heterocycles. The summed E-state index contributed by atoms with van der Waals surface area (Å²) >= 11 is 0. The first kappa shape index (κ1) is 11.9. The standard InChI is InChI=1S/C16H19N/c1-17(2)13-16-11-7-6-10-15(16)12-14-8-4-3-5-9-14/h3-11H,12-13H2,1-2H3/p+1. The number of hydrogen-bond acceptors (Lipinski definition) is 0. The predicted octanol–water partition coefficient (Wildman–Crippen LogP) is 1.92. The van der Waals surface area contributed by atoms with Crippen molar-refractivity contribution in [3.05, 3.63) is 71.3 Å². The molecule has 2 aromatic carbocycles. The van der Waals surface area contributed by atoms with Gasteiger partial charge in [-0.15, -0.1) is 0 Å². The fourth-order valence-corrected chi connectivity index (χ4v) is 2.10. The molecular formula is C16H20N+. The molecule has 0 unspecified atom stereocenters. The zero-order valence-corrected chi connectivity index (χ0v) is 10.6. The van der Waals surface area contributed by atoms with E-state index in [1.54, 1.807) is 0 Å². The lowest BCUT2D eigenvalue weighted by molar-refractivity contribution is -0.872. The number of benzene rings is 2. The molecule has 1 heteroatoms. The highest BCUT2D eigenvalue weighted by Gasteiger charge is 2.05. The first-order chi connectivity index (χ1) is 8.25. The summed E-state index contributed by atoms with van der Waals surface area (Å²) in [6.07, 6.45) is 1.03. The summed E-state index contributed by atoms with van der Waals surface area (Å²) in [5, 5.41) is 0. The SMILES string of the molecule is C[NH+](C)Cc1ccccc1Cc1ccccc1. The molecule has 17 heavy (non-hydrogen) atoms. The minimum absolute atomic E-state index is 1.03. The van der Waals surface area contributed by atoms with Gasteiger partial charge in [0.05, 0.1) is 14.1 Å².